The quantitative estimate of drug-likeness (QED) is 0.543. The maximum Gasteiger partial charge on any atom is 0.113 e. The third-order valence-electron chi connectivity index (χ3n) is 3.02. The Balaban J connectivity index is 2.23. The Morgan fingerprint density at radius 3 is 2.18 bits per heavy atom. The SMILES string of the molecule is OC[C@H]1O[C@H](c2ccccc2)[C@H](O)[C@@H](O)[C@@H]1O. The molecular formula is C12H16O5. The zero-order valence-corrected chi connectivity index (χ0v) is 9.18. The summed E-state index contributed by atoms with van der Waals surface area (Å²) in [6.07, 6.45) is -5.46. The van der Waals surface area contributed by atoms with Gasteiger partial charge in [0, 0.05) is 0 Å². The molecule has 1 aromatic rings. The number of aliphatic hydroxyl groups is 4. The maximum atomic E-state index is 9.86. The van der Waals surface area contributed by atoms with Crippen LogP contribution in [-0.2, 0) is 4.74 Å². The molecule has 1 aliphatic rings. The van der Waals surface area contributed by atoms with E-state index in [1.807, 2.05) is 6.07 Å². The lowest BCUT2D eigenvalue weighted by Gasteiger charge is -2.40. The first-order valence-electron chi connectivity index (χ1n) is 5.50. The van der Waals surface area contributed by atoms with E-state index in [-0.39, 0.29) is 0 Å². The van der Waals surface area contributed by atoms with E-state index in [0.717, 1.165) is 0 Å². The second kappa shape index (κ2) is 5.12. The first-order chi connectivity index (χ1) is 8.15. The van der Waals surface area contributed by atoms with Gasteiger partial charge in [-0.15, -0.1) is 0 Å². The number of hydrogen-bond acceptors (Lipinski definition) is 5. The van der Waals surface area contributed by atoms with Crippen LogP contribution in [0.15, 0.2) is 30.3 Å². The summed E-state index contributed by atoms with van der Waals surface area (Å²) in [4.78, 5) is 0. The molecule has 2 rings (SSSR count). The summed E-state index contributed by atoms with van der Waals surface area (Å²) in [5.41, 5.74) is 0.699. The molecule has 0 amide bonds. The molecule has 5 heteroatoms. The van der Waals surface area contributed by atoms with E-state index in [0.29, 0.717) is 5.56 Å². The Hall–Kier alpha value is -0.980. The maximum absolute atomic E-state index is 9.86. The number of hydrogen-bond donors (Lipinski definition) is 4. The highest BCUT2D eigenvalue weighted by Crippen LogP contribution is 2.31. The van der Waals surface area contributed by atoms with E-state index in [1.165, 1.54) is 0 Å². The van der Waals surface area contributed by atoms with Crippen molar-refractivity contribution >= 4 is 0 Å². The van der Waals surface area contributed by atoms with E-state index < -0.39 is 37.1 Å². The molecule has 1 saturated heterocycles. The predicted molar refractivity (Wildman–Crippen MR) is 59.2 cm³/mol. The van der Waals surface area contributed by atoms with Crippen LogP contribution in [0.2, 0.25) is 0 Å². The van der Waals surface area contributed by atoms with Crippen molar-refractivity contribution in [1.82, 2.24) is 0 Å². The summed E-state index contributed by atoms with van der Waals surface area (Å²) in [7, 11) is 0. The molecule has 0 bridgehead atoms. The molecule has 17 heavy (non-hydrogen) atoms. The fraction of sp³-hybridized carbons (Fsp3) is 0.500. The minimum Gasteiger partial charge on any atom is -0.394 e. The third-order valence-corrected chi connectivity index (χ3v) is 3.02. The van der Waals surface area contributed by atoms with E-state index in [4.69, 9.17) is 9.84 Å². The molecule has 5 atom stereocenters. The topological polar surface area (TPSA) is 90.2 Å². The van der Waals surface area contributed by atoms with Gasteiger partial charge in [0.25, 0.3) is 0 Å². The average molecular weight is 240 g/mol. The molecule has 1 heterocycles. The summed E-state index contributed by atoms with van der Waals surface area (Å²) < 4.78 is 5.41. The molecule has 4 N–H and O–H groups in total. The van der Waals surface area contributed by atoms with Gasteiger partial charge in [0.15, 0.2) is 0 Å². The van der Waals surface area contributed by atoms with E-state index >= 15 is 0 Å². The molecule has 0 unspecified atom stereocenters. The highest BCUT2D eigenvalue weighted by Gasteiger charge is 2.43. The number of ether oxygens (including phenoxy) is 1. The summed E-state index contributed by atoms with van der Waals surface area (Å²) >= 11 is 0. The fourth-order valence-electron chi connectivity index (χ4n) is 2.02. The summed E-state index contributed by atoms with van der Waals surface area (Å²) in [6, 6.07) is 8.92. The minimum absolute atomic E-state index is 0.408. The molecule has 0 saturated carbocycles. The van der Waals surface area contributed by atoms with Crippen LogP contribution in [0, 0.1) is 0 Å². The average Bonchev–Trinajstić information content (AvgIpc) is 2.37. The smallest absolute Gasteiger partial charge is 0.113 e. The second-order valence-electron chi connectivity index (χ2n) is 4.16. The number of rotatable bonds is 2. The van der Waals surface area contributed by atoms with Gasteiger partial charge in [-0.3, -0.25) is 0 Å². The van der Waals surface area contributed by atoms with E-state index in [1.54, 1.807) is 24.3 Å². The Morgan fingerprint density at radius 2 is 1.59 bits per heavy atom. The van der Waals surface area contributed by atoms with Crippen LogP contribution in [0.5, 0.6) is 0 Å². The van der Waals surface area contributed by atoms with Crippen molar-refractivity contribution in [2.24, 2.45) is 0 Å². The van der Waals surface area contributed by atoms with Gasteiger partial charge in [-0.25, -0.2) is 0 Å². The van der Waals surface area contributed by atoms with Crippen molar-refractivity contribution in [3.63, 3.8) is 0 Å². The van der Waals surface area contributed by atoms with Crippen molar-refractivity contribution in [3.8, 4) is 0 Å². The van der Waals surface area contributed by atoms with Crippen LogP contribution >= 0.6 is 0 Å². The van der Waals surface area contributed by atoms with Crippen LogP contribution in [0.1, 0.15) is 11.7 Å². The van der Waals surface area contributed by atoms with Gasteiger partial charge < -0.3 is 25.2 Å². The molecule has 0 radical (unpaired) electrons. The molecule has 1 aliphatic heterocycles. The first-order valence-corrected chi connectivity index (χ1v) is 5.50. The zero-order valence-electron chi connectivity index (χ0n) is 9.18. The van der Waals surface area contributed by atoms with Gasteiger partial charge in [-0.1, -0.05) is 30.3 Å². The summed E-state index contributed by atoms with van der Waals surface area (Å²) in [5, 5.41) is 38.2. The zero-order chi connectivity index (χ0) is 12.4. The fourth-order valence-corrected chi connectivity index (χ4v) is 2.02. The first kappa shape index (κ1) is 12.5. The van der Waals surface area contributed by atoms with E-state index in [2.05, 4.69) is 0 Å². The molecule has 1 aromatic carbocycles. The Labute approximate surface area is 98.9 Å². The molecular weight excluding hydrogens is 224 g/mol. The van der Waals surface area contributed by atoms with Gasteiger partial charge in [-0.05, 0) is 5.56 Å². The molecule has 0 aromatic heterocycles. The van der Waals surface area contributed by atoms with E-state index in [9.17, 15) is 15.3 Å². The summed E-state index contributed by atoms with van der Waals surface area (Å²) in [6.45, 7) is -0.408. The predicted octanol–water partition coefficient (Wildman–Crippen LogP) is -0.799. The van der Waals surface area contributed by atoms with Gasteiger partial charge in [0.05, 0.1) is 6.61 Å². The standard InChI is InChI=1S/C12H16O5/c13-6-8-9(14)10(15)11(16)12(17-8)7-4-2-1-3-5-7/h1-5,8-16H,6H2/t8-,9-,10+,11-,12-/m1/s1. The Bertz CT molecular complexity index is 353. The highest BCUT2D eigenvalue weighted by atomic mass is 16.5. The molecule has 0 spiro atoms. The number of benzene rings is 1. The van der Waals surface area contributed by atoms with Gasteiger partial charge in [-0.2, -0.15) is 0 Å². The van der Waals surface area contributed by atoms with Crippen LogP contribution in [0.4, 0.5) is 0 Å². The lowest BCUT2D eigenvalue weighted by atomic mass is 9.91. The lowest BCUT2D eigenvalue weighted by molar-refractivity contribution is -0.231. The van der Waals surface area contributed by atoms with Crippen LogP contribution in [0.25, 0.3) is 0 Å². The normalized spacial score (nSPS) is 38.0. The highest BCUT2D eigenvalue weighted by molar-refractivity contribution is 5.20. The second-order valence-corrected chi connectivity index (χ2v) is 4.16. The molecule has 1 fully saturated rings. The molecule has 5 nitrogen and oxygen atoms in total. The van der Waals surface area contributed by atoms with Gasteiger partial charge in [0.1, 0.15) is 30.5 Å². The van der Waals surface area contributed by atoms with Crippen molar-refractivity contribution in [2.75, 3.05) is 6.61 Å². The Morgan fingerprint density at radius 1 is 0.941 bits per heavy atom. The van der Waals surface area contributed by atoms with Gasteiger partial charge in [0.2, 0.25) is 0 Å². The van der Waals surface area contributed by atoms with Crippen molar-refractivity contribution in [1.29, 1.82) is 0 Å². The van der Waals surface area contributed by atoms with Crippen molar-refractivity contribution in [2.45, 2.75) is 30.5 Å². The number of aliphatic hydroxyl groups excluding tert-OH is 4. The molecule has 94 valence electrons. The monoisotopic (exact) mass is 240 g/mol. The summed E-state index contributed by atoms with van der Waals surface area (Å²) in [5.74, 6) is 0. The van der Waals surface area contributed by atoms with Gasteiger partial charge >= 0.3 is 0 Å². The minimum atomic E-state index is -1.33. The van der Waals surface area contributed by atoms with Crippen LogP contribution in [-0.4, -0.2) is 51.4 Å². The largest absolute Gasteiger partial charge is 0.394 e. The molecule has 0 aliphatic carbocycles. The third kappa shape index (κ3) is 2.34. The van der Waals surface area contributed by atoms with Crippen molar-refractivity contribution in [3.05, 3.63) is 35.9 Å². The van der Waals surface area contributed by atoms with Crippen molar-refractivity contribution < 1.29 is 25.2 Å². The van der Waals surface area contributed by atoms with Crippen LogP contribution < -0.4 is 0 Å². The van der Waals surface area contributed by atoms with Crippen LogP contribution in [0.3, 0.4) is 0 Å². The Kier molecular flexibility index (Phi) is 3.76. The lowest BCUT2D eigenvalue weighted by Crippen LogP contribution is -2.55.